The van der Waals surface area contributed by atoms with E-state index >= 15 is 0 Å². The molecule has 0 amide bonds. The summed E-state index contributed by atoms with van der Waals surface area (Å²) in [5, 5.41) is 0. The second-order valence-corrected chi connectivity index (χ2v) is 15.7. The van der Waals surface area contributed by atoms with Crippen molar-refractivity contribution in [1.29, 1.82) is 0 Å². The summed E-state index contributed by atoms with van der Waals surface area (Å²) in [4.78, 5) is 4.55. The van der Waals surface area contributed by atoms with Crippen LogP contribution in [0.5, 0.6) is 0 Å². The maximum absolute atomic E-state index is 4.52. The van der Waals surface area contributed by atoms with Crippen molar-refractivity contribution >= 4 is 11.8 Å². The van der Waals surface area contributed by atoms with Crippen LogP contribution >= 0.6 is 0 Å². The van der Waals surface area contributed by atoms with Gasteiger partial charge in [-0.2, -0.15) is 0 Å². The summed E-state index contributed by atoms with van der Waals surface area (Å²) in [5.41, 5.74) is 10.7. The highest BCUT2D eigenvalue weighted by Gasteiger charge is 2.55. The molecule has 0 radical (unpaired) electrons. The van der Waals surface area contributed by atoms with E-state index < -0.39 is 0 Å². The Balaban J connectivity index is 1.03. The van der Waals surface area contributed by atoms with Crippen LogP contribution in [-0.2, 0) is 0 Å². The summed E-state index contributed by atoms with van der Waals surface area (Å²) < 4.78 is 0. The second-order valence-electron chi connectivity index (χ2n) is 15.7. The minimum Gasteiger partial charge on any atom is -0.338 e. The molecular formula is C61H58N2. The van der Waals surface area contributed by atoms with Gasteiger partial charge in [0.1, 0.15) is 0 Å². The summed E-state index contributed by atoms with van der Waals surface area (Å²) in [6.45, 7) is 34.6. The predicted octanol–water partition coefficient (Wildman–Crippen LogP) is 15.6. The Morgan fingerprint density at radius 3 is 1.67 bits per heavy atom. The molecule has 63 heavy (non-hydrogen) atoms. The Morgan fingerprint density at radius 2 is 1.06 bits per heavy atom. The molecule has 2 unspecified atom stereocenters. The van der Waals surface area contributed by atoms with Crippen molar-refractivity contribution in [1.82, 2.24) is 4.90 Å². The molecule has 0 bridgehead atoms. The number of anilines is 1. The fourth-order valence-electron chi connectivity index (χ4n) is 7.44. The zero-order chi connectivity index (χ0) is 44.6. The summed E-state index contributed by atoms with van der Waals surface area (Å²) >= 11 is 0. The number of hydrogen-bond donors (Lipinski definition) is 0. The van der Waals surface area contributed by atoms with E-state index in [-0.39, 0.29) is 11.6 Å². The molecule has 0 heterocycles. The molecule has 3 aliphatic rings. The smallest absolute Gasteiger partial charge is 0.0700 e. The molecule has 312 valence electrons. The van der Waals surface area contributed by atoms with Gasteiger partial charge >= 0.3 is 0 Å². The van der Waals surface area contributed by atoms with Gasteiger partial charge in [-0.15, -0.1) is 0 Å². The van der Waals surface area contributed by atoms with E-state index in [9.17, 15) is 0 Å². The van der Waals surface area contributed by atoms with Gasteiger partial charge in [-0.25, -0.2) is 0 Å². The van der Waals surface area contributed by atoms with Crippen LogP contribution in [0.1, 0.15) is 18.4 Å². The summed E-state index contributed by atoms with van der Waals surface area (Å²) in [6.07, 6.45) is 47.3. The third kappa shape index (κ3) is 12.0. The number of rotatable bonds is 21. The first kappa shape index (κ1) is 44.9. The Bertz CT molecular complexity index is 2600. The van der Waals surface area contributed by atoms with Crippen molar-refractivity contribution in [2.24, 2.45) is 5.92 Å². The summed E-state index contributed by atoms with van der Waals surface area (Å²) in [6, 6.07) is 29.3. The minimum atomic E-state index is -0.103. The first-order valence-electron chi connectivity index (χ1n) is 21.3. The molecule has 0 aromatic heterocycles. The molecule has 2 nitrogen and oxygen atoms in total. The topological polar surface area (TPSA) is 6.48 Å². The van der Waals surface area contributed by atoms with Crippen LogP contribution < -0.4 is 4.90 Å². The zero-order valence-electron chi connectivity index (χ0n) is 36.4. The Morgan fingerprint density at radius 1 is 0.524 bits per heavy atom. The van der Waals surface area contributed by atoms with Crippen LogP contribution in [0.15, 0.2) is 310 Å². The van der Waals surface area contributed by atoms with Gasteiger partial charge in [0.25, 0.3) is 0 Å². The lowest BCUT2D eigenvalue weighted by Crippen LogP contribution is -2.33. The van der Waals surface area contributed by atoms with Crippen molar-refractivity contribution in [3.63, 3.8) is 0 Å². The fraction of sp³-hybridized carbons (Fsp3) is 0.0820. The largest absolute Gasteiger partial charge is 0.338 e. The highest BCUT2D eigenvalue weighted by molar-refractivity contribution is 5.81. The first-order valence-corrected chi connectivity index (χ1v) is 21.3. The number of para-hydroxylation sites is 1. The van der Waals surface area contributed by atoms with Crippen molar-refractivity contribution in [2.75, 3.05) is 4.90 Å². The molecule has 1 saturated carbocycles. The van der Waals surface area contributed by atoms with Gasteiger partial charge in [0.05, 0.1) is 11.6 Å². The van der Waals surface area contributed by atoms with Gasteiger partial charge in [0.15, 0.2) is 0 Å². The zero-order valence-corrected chi connectivity index (χ0v) is 36.4. The van der Waals surface area contributed by atoms with Crippen LogP contribution in [0.2, 0.25) is 0 Å². The molecule has 1 fully saturated rings. The molecule has 0 N–H and O–H groups in total. The number of fused-ring (bicyclic) bond motifs is 1. The van der Waals surface area contributed by atoms with Gasteiger partial charge in [0, 0.05) is 34.8 Å². The van der Waals surface area contributed by atoms with E-state index in [4.69, 9.17) is 0 Å². The molecular weight excluding hydrogens is 761 g/mol. The van der Waals surface area contributed by atoms with Crippen molar-refractivity contribution in [3.8, 4) is 11.1 Å². The average Bonchev–Trinajstić information content (AvgIpc) is 4.07. The van der Waals surface area contributed by atoms with E-state index in [1.807, 2.05) is 91.1 Å². The molecule has 3 aliphatic carbocycles. The molecule has 3 aromatic rings. The predicted molar refractivity (Wildman–Crippen MR) is 275 cm³/mol. The second kappa shape index (κ2) is 21.7. The van der Waals surface area contributed by atoms with Gasteiger partial charge < -0.3 is 9.80 Å². The Hall–Kier alpha value is -7.68. The third-order valence-corrected chi connectivity index (χ3v) is 11.3. The standard InChI is InChI=1S/C61H58N2/c1-47(36-38-49(3)51(5)40-42-53(7)62(61-44-24-23-31-57(61)46-61)45-25-10-9-14-26-55-27-15-11-16-28-55)48(2)37-39-50(4)52(6)41-43-54(8)63(58-32-19-13-20-33-58)60-35-22-21-34-59(60)56-29-17-12-18-30-56/h9-32,34-45,57-58H,1-8,33,46H2/b10-9-,26-14+,38-36-,39-37-,42-40-,43-41-,45-25+/t57-,58?,61?/m0/s1. The van der Waals surface area contributed by atoms with Crippen molar-refractivity contribution in [3.05, 3.63) is 316 Å². The highest BCUT2D eigenvalue weighted by Crippen LogP contribution is 2.54. The lowest BCUT2D eigenvalue weighted by molar-refractivity contribution is 0.371. The maximum Gasteiger partial charge on any atom is 0.0700 e. The van der Waals surface area contributed by atoms with E-state index in [2.05, 4.69) is 190 Å². The van der Waals surface area contributed by atoms with Crippen LogP contribution in [0.4, 0.5) is 5.69 Å². The molecule has 2 heteroatoms. The van der Waals surface area contributed by atoms with E-state index in [0.29, 0.717) is 5.92 Å². The number of allylic oxidation sites excluding steroid dienone is 22. The monoisotopic (exact) mass is 818 g/mol. The summed E-state index contributed by atoms with van der Waals surface area (Å²) in [7, 11) is 0. The van der Waals surface area contributed by atoms with E-state index in [1.165, 1.54) is 5.56 Å². The van der Waals surface area contributed by atoms with Crippen molar-refractivity contribution in [2.45, 2.75) is 24.4 Å². The lowest BCUT2D eigenvalue weighted by Gasteiger charge is -2.34. The van der Waals surface area contributed by atoms with Gasteiger partial charge in [0.2, 0.25) is 0 Å². The van der Waals surface area contributed by atoms with Gasteiger partial charge in [-0.05, 0) is 81.7 Å². The maximum atomic E-state index is 4.52. The summed E-state index contributed by atoms with van der Waals surface area (Å²) in [5.74, 6) is 0.451. The average molecular weight is 819 g/mol. The van der Waals surface area contributed by atoms with E-state index in [0.717, 1.165) is 74.5 Å². The number of nitrogens with zero attached hydrogens (tertiary/aromatic N) is 2. The van der Waals surface area contributed by atoms with Crippen LogP contribution in [0, 0.1) is 5.92 Å². The molecule has 3 atom stereocenters. The Kier molecular flexibility index (Phi) is 15.5. The molecule has 0 saturated heterocycles. The molecule has 0 spiro atoms. The SMILES string of the molecule is C=C(/C=C\C(=C)C(=C)/C=C\C(=C)N(c1ccccc1-c1ccccc1)C1C=CC=CC1)C(=C)/C=C\C(=C)C(=C)/C=C\C(=C)N(/C=C/C=C\C=C\c1ccccc1)C12C=CC=C[C@H]1C2. The highest BCUT2D eigenvalue weighted by atomic mass is 15.2. The van der Waals surface area contributed by atoms with E-state index in [1.54, 1.807) is 0 Å². The molecule has 0 aliphatic heterocycles. The lowest BCUT2D eigenvalue weighted by atomic mass is 9.99. The van der Waals surface area contributed by atoms with Crippen LogP contribution in [0.3, 0.4) is 0 Å². The quantitative estimate of drug-likeness (QED) is 0.0988. The Labute approximate surface area is 377 Å². The number of hydrogen-bond acceptors (Lipinski definition) is 2. The normalized spacial score (nSPS) is 18.9. The first-order chi connectivity index (χ1) is 30.6. The van der Waals surface area contributed by atoms with Gasteiger partial charge in [-0.1, -0.05) is 241 Å². The molecule has 6 rings (SSSR count). The fourth-order valence-corrected chi connectivity index (χ4v) is 7.44. The number of benzene rings is 3. The third-order valence-electron chi connectivity index (χ3n) is 11.3. The van der Waals surface area contributed by atoms with Crippen LogP contribution in [-0.4, -0.2) is 16.5 Å². The van der Waals surface area contributed by atoms with Crippen LogP contribution in [0.25, 0.3) is 17.2 Å². The van der Waals surface area contributed by atoms with Gasteiger partial charge in [-0.3, -0.25) is 0 Å². The molecule has 3 aromatic carbocycles. The minimum absolute atomic E-state index is 0.103. The van der Waals surface area contributed by atoms with Crippen molar-refractivity contribution < 1.29 is 0 Å².